The molecule has 0 bridgehead atoms. The van der Waals surface area contributed by atoms with Gasteiger partial charge in [-0.1, -0.05) is 73.1 Å². The number of aromatic hydroxyl groups is 1. The Morgan fingerprint density at radius 1 is 1.15 bits per heavy atom. The lowest BCUT2D eigenvalue weighted by Crippen LogP contribution is -2.25. The second-order valence-corrected chi connectivity index (χ2v) is 8.75. The number of likely N-dealkylation sites (N-methyl/N-ethyl adjacent to an activating group) is 1. The van der Waals surface area contributed by atoms with Gasteiger partial charge in [-0.15, -0.1) is 0 Å². The molecule has 2 aromatic rings. The van der Waals surface area contributed by atoms with E-state index in [2.05, 4.69) is 30.7 Å². The van der Waals surface area contributed by atoms with E-state index in [1.807, 2.05) is 45.2 Å². The lowest BCUT2D eigenvalue weighted by Gasteiger charge is -2.28. The average molecular weight is 470 g/mol. The van der Waals surface area contributed by atoms with E-state index in [9.17, 15) is 5.11 Å². The van der Waals surface area contributed by atoms with Gasteiger partial charge in [0.1, 0.15) is 11.5 Å². The smallest absolute Gasteiger partial charge is 0.124 e. The van der Waals surface area contributed by atoms with Crippen molar-refractivity contribution in [2.45, 2.75) is 79.2 Å². The van der Waals surface area contributed by atoms with E-state index in [-0.39, 0.29) is 11.8 Å². The Morgan fingerprint density at radius 2 is 1.88 bits per heavy atom. The number of benzene rings is 1. The van der Waals surface area contributed by atoms with Gasteiger partial charge in [-0.3, -0.25) is 9.88 Å². The molecule has 1 aliphatic rings. The predicted molar refractivity (Wildman–Crippen MR) is 145 cm³/mol. The highest BCUT2D eigenvalue weighted by atomic mass is 16.5. The molecule has 2 heterocycles. The first-order valence-electron chi connectivity index (χ1n) is 12.9. The SMILES string of the molecule is CC.CCCCCCC(C)CC.COc1ccc(C2c3ccncc3C(N)=CCN2C)c(O)c1. The number of fused-ring (bicyclic) bond motifs is 1. The third-order valence-corrected chi connectivity index (χ3v) is 6.28. The molecule has 3 N–H and O–H groups in total. The number of pyridine rings is 1. The summed E-state index contributed by atoms with van der Waals surface area (Å²) in [5.41, 5.74) is 9.62. The molecule has 1 aliphatic heterocycles. The van der Waals surface area contributed by atoms with Gasteiger partial charge in [0.15, 0.2) is 0 Å². The van der Waals surface area contributed by atoms with Crippen LogP contribution in [0.2, 0.25) is 0 Å². The number of unbranched alkanes of at least 4 members (excludes halogenated alkanes) is 3. The standard InChI is InChI=1S/C17H19N3O2.C10H22.C2H6/c1-20-8-6-15(18)14-10-19-7-5-12(14)17(20)13-4-3-11(22-2)9-16(13)21;1-4-6-7-8-9-10(3)5-2;1-2/h3-7,9-10,17,21H,8,18H2,1-2H3;10H,4-9H2,1-3H3;1-2H3. The van der Waals surface area contributed by atoms with Crippen molar-refractivity contribution in [1.29, 1.82) is 0 Å². The molecule has 2 unspecified atom stereocenters. The maximum absolute atomic E-state index is 10.4. The van der Waals surface area contributed by atoms with Crippen molar-refractivity contribution in [2.24, 2.45) is 11.7 Å². The van der Waals surface area contributed by atoms with E-state index < -0.39 is 0 Å². The van der Waals surface area contributed by atoms with Crippen LogP contribution in [-0.2, 0) is 0 Å². The highest BCUT2D eigenvalue weighted by Gasteiger charge is 2.27. The predicted octanol–water partition coefficient (Wildman–Crippen LogP) is 7.16. The summed E-state index contributed by atoms with van der Waals surface area (Å²) in [6.45, 7) is 11.6. The van der Waals surface area contributed by atoms with Crippen molar-refractivity contribution in [3.05, 3.63) is 59.4 Å². The maximum Gasteiger partial charge on any atom is 0.124 e. The van der Waals surface area contributed by atoms with Crippen molar-refractivity contribution in [1.82, 2.24) is 9.88 Å². The summed E-state index contributed by atoms with van der Waals surface area (Å²) in [6, 6.07) is 7.23. The van der Waals surface area contributed by atoms with Gasteiger partial charge in [0, 0.05) is 41.8 Å². The molecule has 2 atom stereocenters. The summed E-state index contributed by atoms with van der Waals surface area (Å²) in [7, 11) is 3.59. The minimum atomic E-state index is -0.0961. The van der Waals surface area contributed by atoms with Gasteiger partial charge in [0.25, 0.3) is 0 Å². The van der Waals surface area contributed by atoms with Crippen molar-refractivity contribution in [3.8, 4) is 11.5 Å². The topological polar surface area (TPSA) is 71.6 Å². The third-order valence-electron chi connectivity index (χ3n) is 6.28. The molecule has 5 nitrogen and oxygen atoms in total. The Bertz CT molecular complexity index is 866. The Balaban J connectivity index is 0.000000409. The molecular formula is C29H47N3O2. The molecule has 190 valence electrons. The summed E-state index contributed by atoms with van der Waals surface area (Å²) in [5.74, 6) is 1.79. The molecule has 0 amide bonds. The maximum atomic E-state index is 10.4. The van der Waals surface area contributed by atoms with Crippen LogP contribution in [0.4, 0.5) is 0 Å². The highest BCUT2D eigenvalue weighted by molar-refractivity contribution is 5.67. The van der Waals surface area contributed by atoms with Crippen LogP contribution in [0.15, 0.2) is 42.7 Å². The number of hydrogen-bond donors (Lipinski definition) is 2. The van der Waals surface area contributed by atoms with E-state index in [0.717, 1.165) is 22.6 Å². The molecular weight excluding hydrogens is 422 g/mol. The van der Waals surface area contributed by atoms with Crippen LogP contribution in [-0.4, -0.2) is 35.7 Å². The molecule has 0 saturated heterocycles. The van der Waals surface area contributed by atoms with Crippen LogP contribution < -0.4 is 10.5 Å². The molecule has 0 saturated carbocycles. The van der Waals surface area contributed by atoms with Crippen molar-refractivity contribution in [2.75, 3.05) is 20.7 Å². The highest BCUT2D eigenvalue weighted by Crippen LogP contribution is 2.38. The van der Waals surface area contributed by atoms with Crippen molar-refractivity contribution >= 4 is 5.70 Å². The number of aromatic nitrogens is 1. The van der Waals surface area contributed by atoms with Crippen LogP contribution in [0.25, 0.3) is 5.70 Å². The van der Waals surface area contributed by atoms with Crippen LogP contribution in [0.3, 0.4) is 0 Å². The van der Waals surface area contributed by atoms with Gasteiger partial charge in [-0.25, -0.2) is 0 Å². The summed E-state index contributed by atoms with van der Waals surface area (Å²) in [5, 5.41) is 10.4. The normalized spacial score (nSPS) is 16.0. The summed E-state index contributed by atoms with van der Waals surface area (Å²) >= 11 is 0. The first kappa shape index (κ1) is 29.5. The van der Waals surface area contributed by atoms with E-state index >= 15 is 0 Å². The number of ether oxygens (including phenoxy) is 1. The molecule has 3 rings (SSSR count). The molecule has 34 heavy (non-hydrogen) atoms. The second kappa shape index (κ2) is 16.2. The van der Waals surface area contributed by atoms with Gasteiger partial charge < -0.3 is 15.6 Å². The number of nitrogens with zero attached hydrogens (tertiary/aromatic N) is 2. The summed E-state index contributed by atoms with van der Waals surface area (Å²) < 4.78 is 5.16. The average Bonchev–Trinajstić information content (AvgIpc) is 2.99. The Labute approximate surface area is 208 Å². The van der Waals surface area contributed by atoms with E-state index in [1.165, 1.54) is 38.5 Å². The molecule has 0 aliphatic carbocycles. The zero-order valence-corrected chi connectivity index (χ0v) is 22.5. The van der Waals surface area contributed by atoms with Gasteiger partial charge in [-0.05, 0) is 42.8 Å². The van der Waals surface area contributed by atoms with Crippen LogP contribution in [0.5, 0.6) is 11.5 Å². The van der Waals surface area contributed by atoms with Crippen LogP contribution in [0.1, 0.15) is 95.9 Å². The fraction of sp³-hybridized carbons (Fsp3) is 0.552. The quantitative estimate of drug-likeness (QED) is 0.401. The van der Waals surface area contributed by atoms with Gasteiger partial charge in [-0.2, -0.15) is 0 Å². The minimum Gasteiger partial charge on any atom is -0.507 e. The number of rotatable bonds is 8. The first-order valence-corrected chi connectivity index (χ1v) is 12.9. The second-order valence-electron chi connectivity index (χ2n) is 8.75. The fourth-order valence-corrected chi connectivity index (χ4v) is 3.99. The van der Waals surface area contributed by atoms with Gasteiger partial charge in [0.05, 0.1) is 13.2 Å². The van der Waals surface area contributed by atoms with E-state index in [0.29, 0.717) is 18.0 Å². The molecule has 0 spiro atoms. The number of hydrogen-bond acceptors (Lipinski definition) is 5. The fourth-order valence-electron chi connectivity index (χ4n) is 3.99. The van der Waals surface area contributed by atoms with Crippen LogP contribution >= 0.6 is 0 Å². The molecule has 0 fully saturated rings. The molecule has 1 aromatic carbocycles. The number of nitrogens with two attached hydrogens (primary N) is 1. The summed E-state index contributed by atoms with van der Waals surface area (Å²) in [4.78, 5) is 6.31. The lowest BCUT2D eigenvalue weighted by atomic mass is 9.94. The van der Waals surface area contributed by atoms with Crippen LogP contribution in [0, 0.1) is 5.92 Å². The number of phenolic OH excluding ortho intramolecular Hbond substituents is 1. The van der Waals surface area contributed by atoms with Gasteiger partial charge in [0.2, 0.25) is 0 Å². The van der Waals surface area contributed by atoms with E-state index in [4.69, 9.17) is 10.5 Å². The lowest BCUT2D eigenvalue weighted by molar-refractivity contribution is 0.302. The molecule has 1 aromatic heterocycles. The zero-order chi connectivity index (χ0) is 25.5. The van der Waals surface area contributed by atoms with Crippen molar-refractivity contribution < 1.29 is 9.84 Å². The number of phenols is 1. The molecule has 5 heteroatoms. The first-order chi connectivity index (χ1) is 16.4. The largest absolute Gasteiger partial charge is 0.507 e. The van der Waals surface area contributed by atoms with Crippen molar-refractivity contribution in [3.63, 3.8) is 0 Å². The third kappa shape index (κ3) is 8.68. The van der Waals surface area contributed by atoms with Gasteiger partial charge >= 0.3 is 0 Å². The van der Waals surface area contributed by atoms with E-state index in [1.54, 1.807) is 25.6 Å². The zero-order valence-electron chi connectivity index (χ0n) is 22.5. The number of methoxy groups -OCH3 is 1. The minimum absolute atomic E-state index is 0.0961. The molecule has 0 radical (unpaired) electrons. The Kier molecular flexibility index (Phi) is 14.0. The Hall–Kier alpha value is -2.53. The Morgan fingerprint density at radius 3 is 2.50 bits per heavy atom. The summed E-state index contributed by atoms with van der Waals surface area (Å²) in [6.07, 6.45) is 14.0. The monoisotopic (exact) mass is 469 g/mol.